The monoisotopic (exact) mass is 452 g/mol. The summed E-state index contributed by atoms with van der Waals surface area (Å²) in [5, 5.41) is 2.56. The average molecular weight is 452 g/mol. The van der Waals surface area contributed by atoms with Crippen molar-refractivity contribution in [2.24, 2.45) is 5.92 Å². The lowest BCUT2D eigenvalue weighted by molar-refractivity contribution is -0.117. The fourth-order valence-corrected chi connectivity index (χ4v) is 4.31. The van der Waals surface area contributed by atoms with Crippen LogP contribution in [0.1, 0.15) is 23.7 Å². The highest BCUT2D eigenvalue weighted by atomic mass is 32.2. The Bertz CT molecular complexity index is 1060. The van der Waals surface area contributed by atoms with Crippen LogP contribution in [0, 0.1) is 5.92 Å². The molecule has 1 fully saturated rings. The number of sulfone groups is 1. The molecule has 166 valence electrons. The molecule has 3 rings (SSSR count). The van der Waals surface area contributed by atoms with E-state index < -0.39 is 26.4 Å². The Kier molecular flexibility index (Phi) is 6.89. The number of alkyl halides is 2. The first-order chi connectivity index (χ1) is 14.7. The summed E-state index contributed by atoms with van der Waals surface area (Å²) >= 11 is 0. The number of nitrogens with zero attached hydrogens (tertiary/aromatic N) is 1. The first-order valence-corrected chi connectivity index (χ1v) is 11.2. The molecule has 1 N–H and O–H groups in total. The molecule has 0 aromatic heterocycles. The van der Waals surface area contributed by atoms with E-state index in [-0.39, 0.29) is 30.4 Å². The van der Waals surface area contributed by atoms with E-state index in [1.165, 1.54) is 18.2 Å². The van der Waals surface area contributed by atoms with Crippen molar-refractivity contribution in [3.63, 3.8) is 0 Å². The molecule has 0 bridgehead atoms. The number of benzene rings is 2. The third-order valence-electron chi connectivity index (χ3n) is 4.89. The summed E-state index contributed by atoms with van der Waals surface area (Å²) in [4.78, 5) is 25.8. The van der Waals surface area contributed by atoms with E-state index in [4.69, 9.17) is 4.74 Å². The number of carbonyl (C=O) groups is 2. The van der Waals surface area contributed by atoms with Gasteiger partial charge in [-0.05, 0) is 43.3 Å². The Morgan fingerprint density at radius 3 is 2.52 bits per heavy atom. The number of rotatable bonds is 8. The lowest BCUT2D eigenvalue weighted by atomic mass is 10.1. The van der Waals surface area contributed by atoms with E-state index >= 15 is 0 Å². The summed E-state index contributed by atoms with van der Waals surface area (Å²) in [6.07, 6.45) is 0.199. The van der Waals surface area contributed by atoms with Gasteiger partial charge in [-0.15, -0.1) is 0 Å². The van der Waals surface area contributed by atoms with Gasteiger partial charge < -0.3 is 15.0 Å². The molecule has 2 aromatic rings. The molecule has 0 radical (unpaired) electrons. The molecule has 0 spiro atoms. The number of anilines is 1. The minimum Gasteiger partial charge on any atom is -0.494 e. The van der Waals surface area contributed by atoms with Crippen LogP contribution >= 0.6 is 0 Å². The predicted molar refractivity (Wildman–Crippen MR) is 110 cm³/mol. The van der Waals surface area contributed by atoms with Gasteiger partial charge in [-0.25, -0.2) is 8.42 Å². The van der Waals surface area contributed by atoms with Gasteiger partial charge in [0.1, 0.15) is 5.75 Å². The van der Waals surface area contributed by atoms with Gasteiger partial charge >= 0.3 is 5.76 Å². The molecule has 1 unspecified atom stereocenters. The molecular formula is C21H22F2N2O5S. The number of carbonyl (C=O) groups excluding carboxylic acids is 2. The predicted octanol–water partition coefficient (Wildman–Crippen LogP) is 2.86. The van der Waals surface area contributed by atoms with Crippen LogP contribution in [-0.4, -0.2) is 45.7 Å². The van der Waals surface area contributed by atoms with Crippen molar-refractivity contribution >= 4 is 27.3 Å². The zero-order chi connectivity index (χ0) is 22.6. The smallest absolute Gasteiger partial charge is 0.341 e. The lowest BCUT2D eigenvalue weighted by Crippen LogP contribution is -2.32. The standard InChI is InChI=1S/C21H22F2N2O5S/c1-2-30-16-9-7-15(8-10-16)25-13-14(11-19(25)26)12-24-20(27)17-5-3-4-6-18(17)31(28,29)21(22)23/h3-10,14,21H,2,11-13H2,1H3,(H,24,27). The normalized spacial score (nSPS) is 16.6. The van der Waals surface area contributed by atoms with Gasteiger partial charge in [0.05, 0.1) is 17.1 Å². The van der Waals surface area contributed by atoms with Crippen LogP contribution in [0.15, 0.2) is 53.4 Å². The van der Waals surface area contributed by atoms with Gasteiger partial charge in [0, 0.05) is 31.1 Å². The summed E-state index contributed by atoms with van der Waals surface area (Å²) in [7, 11) is -4.92. The second-order valence-corrected chi connectivity index (χ2v) is 8.90. The molecule has 2 amide bonds. The summed E-state index contributed by atoms with van der Waals surface area (Å²) in [6, 6.07) is 11.9. The van der Waals surface area contributed by atoms with Crippen molar-refractivity contribution in [1.82, 2.24) is 5.32 Å². The molecule has 1 aliphatic rings. The molecule has 1 heterocycles. The molecular weight excluding hydrogens is 430 g/mol. The van der Waals surface area contributed by atoms with E-state index in [1.54, 1.807) is 29.2 Å². The largest absolute Gasteiger partial charge is 0.494 e. The number of hydrogen-bond acceptors (Lipinski definition) is 5. The number of hydrogen-bond donors (Lipinski definition) is 1. The molecule has 31 heavy (non-hydrogen) atoms. The Balaban J connectivity index is 1.65. The minimum atomic E-state index is -4.92. The number of nitrogens with one attached hydrogen (secondary N) is 1. The molecule has 1 saturated heterocycles. The maximum Gasteiger partial charge on any atom is 0.341 e. The van der Waals surface area contributed by atoms with E-state index in [0.717, 1.165) is 6.07 Å². The summed E-state index contributed by atoms with van der Waals surface area (Å²) in [5.74, 6) is -4.03. The molecule has 10 heteroatoms. The van der Waals surface area contributed by atoms with Crippen molar-refractivity contribution < 1.29 is 31.5 Å². The zero-order valence-corrected chi connectivity index (χ0v) is 17.6. The maximum absolute atomic E-state index is 12.9. The highest BCUT2D eigenvalue weighted by Crippen LogP contribution is 2.27. The van der Waals surface area contributed by atoms with Gasteiger partial charge in [-0.3, -0.25) is 9.59 Å². The summed E-state index contributed by atoms with van der Waals surface area (Å²) in [5.41, 5.74) is 0.353. The van der Waals surface area contributed by atoms with Crippen molar-refractivity contribution in [3.8, 4) is 5.75 Å². The number of ether oxygens (including phenoxy) is 1. The fraction of sp³-hybridized carbons (Fsp3) is 0.333. The number of halogens is 2. The molecule has 2 aromatic carbocycles. The summed E-state index contributed by atoms with van der Waals surface area (Å²) in [6.45, 7) is 2.87. The Morgan fingerprint density at radius 2 is 1.87 bits per heavy atom. The van der Waals surface area contributed by atoms with Crippen LogP contribution in [0.4, 0.5) is 14.5 Å². The van der Waals surface area contributed by atoms with Gasteiger partial charge in [0.2, 0.25) is 15.7 Å². The Morgan fingerprint density at radius 1 is 1.19 bits per heavy atom. The quantitative estimate of drug-likeness (QED) is 0.665. The van der Waals surface area contributed by atoms with Crippen LogP contribution in [0.3, 0.4) is 0 Å². The van der Waals surface area contributed by atoms with E-state index in [2.05, 4.69) is 5.32 Å². The molecule has 0 saturated carbocycles. The SMILES string of the molecule is CCOc1ccc(N2CC(CNC(=O)c3ccccc3S(=O)(=O)C(F)F)CC2=O)cc1. The van der Waals surface area contributed by atoms with Gasteiger partial charge in [-0.2, -0.15) is 8.78 Å². The summed E-state index contributed by atoms with van der Waals surface area (Å²) < 4.78 is 54.9. The fourth-order valence-electron chi connectivity index (χ4n) is 3.39. The topological polar surface area (TPSA) is 92.8 Å². The van der Waals surface area contributed by atoms with Gasteiger partial charge in [0.15, 0.2) is 0 Å². The Hall–Kier alpha value is -3.01. The molecule has 7 nitrogen and oxygen atoms in total. The number of amides is 2. The van der Waals surface area contributed by atoms with E-state index in [9.17, 15) is 26.8 Å². The average Bonchev–Trinajstić information content (AvgIpc) is 3.13. The van der Waals surface area contributed by atoms with Crippen LogP contribution in [-0.2, 0) is 14.6 Å². The second kappa shape index (κ2) is 9.42. The van der Waals surface area contributed by atoms with Crippen LogP contribution in [0.25, 0.3) is 0 Å². The second-order valence-electron chi connectivity index (χ2n) is 7.01. The Labute approximate surface area is 178 Å². The zero-order valence-electron chi connectivity index (χ0n) is 16.8. The van der Waals surface area contributed by atoms with Crippen LogP contribution in [0.5, 0.6) is 5.75 Å². The highest BCUT2D eigenvalue weighted by Gasteiger charge is 2.33. The lowest BCUT2D eigenvalue weighted by Gasteiger charge is -2.17. The third-order valence-corrected chi connectivity index (χ3v) is 6.33. The van der Waals surface area contributed by atoms with Gasteiger partial charge in [0.25, 0.3) is 5.91 Å². The van der Waals surface area contributed by atoms with Crippen molar-refractivity contribution in [3.05, 3.63) is 54.1 Å². The van der Waals surface area contributed by atoms with E-state index in [1.807, 2.05) is 6.92 Å². The van der Waals surface area contributed by atoms with Crippen molar-refractivity contribution in [1.29, 1.82) is 0 Å². The van der Waals surface area contributed by atoms with Crippen LogP contribution < -0.4 is 15.0 Å². The molecule has 1 atom stereocenters. The maximum atomic E-state index is 12.9. The van der Waals surface area contributed by atoms with E-state index in [0.29, 0.717) is 24.6 Å². The highest BCUT2D eigenvalue weighted by molar-refractivity contribution is 7.91. The third kappa shape index (κ3) is 5.01. The minimum absolute atomic E-state index is 0.0984. The molecule has 0 aliphatic carbocycles. The first-order valence-electron chi connectivity index (χ1n) is 9.66. The first kappa shape index (κ1) is 22.7. The van der Waals surface area contributed by atoms with Crippen molar-refractivity contribution in [2.45, 2.75) is 24.0 Å². The van der Waals surface area contributed by atoms with Gasteiger partial charge in [-0.1, -0.05) is 12.1 Å². The van der Waals surface area contributed by atoms with Crippen molar-refractivity contribution in [2.75, 3.05) is 24.6 Å². The van der Waals surface area contributed by atoms with Crippen LogP contribution in [0.2, 0.25) is 0 Å². The molecule has 1 aliphatic heterocycles.